The van der Waals surface area contributed by atoms with Crippen molar-refractivity contribution in [3.05, 3.63) is 23.8 Å². The minimum Gasteiger partial charge on any atom is -0.508 e. The first-order chi connectivity index (χ1) is 8.88. The molecular formula is C13H18N2O4. The SMILES string of the molecule is CC(C)NC(=O)CCNC(=O)c1cc(O)cc(O)c1. The van der Waals surface area contributed by atoms with Crippen LogP contribution in [0.15, 0.2) is 18.2 Å². The van der Waals surface area contributed by atoms with Crippen LogP contribution in [0.2, 0.25) is 0 Å². The molecule has 0 aliphatic heterocycles. The van der Waals surface area contributed by atoms with Crippen LogP contribution in [0.3, 0.4) is 0 Å². The van der Waals surface area contributed by atoms with E-state index in [1.54, 1.807) is 0 Å². The first kappa shape index (κ1) is 14.8. The molecule has 0 aromatic heterocycles. The number of carbonyl (C=O) groups is 2. The minimum atomic E-state index is -0.455. The van der Waals surface area contributed by atoms with E-state index in [-0.39, 0.29) is 42.0 Å². The maximum atomic E-state index is 11.7. The van der Waals surface area contributed by atoms with Crippen LogP contribution in [-0.4, -0.2) is 34.6 Å². The summed E-state index contributed by atoms with van der Waals surface area (Å²) in [6, 6.07) is 3.67. The molecule has 0 bridgehead atoms. The average molecular weight is 266 g/mol. The fraction of sp³-hybridized carbons (Fsp3) is 0.385. The first-order valence-corrected chi connectivity index (χ1v) is 5.99. The number of benzene rings is 1. The summed E-state index contributed by atoms with van der Waals surface area (Å²) in [5, 5.41) is 23.7. The standard InChI is InChI=1S/C13H18N2O4/c1-8(2)15-12(18)3-4-14-13(19)9-5-10(16)7-11(17)6-9/h5-8,16-17H,3-4H2,1-2H3,(H,14,19)(H,15,18). The molecule has 0 heterocycles. The predicted molar refractivity (Wildman–Crippen MR) is 70.0 cm³/mol. The van der Waals surface area contributed by atoms with E-state index in [9.17, 15) is 19.8 Å². The molecule has 104 valence electrons. The molecule has 0 aliphatic carbocycles. The third kappa shape index (κ3) is 5.29. The molecule has 19 heavy (non-hydrogen) atoms. The molecule has 0 saturated carbocycles. The van der Waals surface area contributed by atoms with E-state index >= 15 is 0 Å². The van der Waals surface area contributed by atoms with Crippen molar-refractivity contribution in [3.63, 3.8) is 0 Å². The lowest BCUT2D eigenvalue weighted by Crippen LogP contribution is -2.34. The Bertz CT molecular complexity index is 451. The summed E-state index contributed by atoms with van der Waals surface area (Å²) in [4.78, 5) is 23.0. The van der Waals surface area contributed by atoms with Crippen LogP contribution in [0.25, 0.3) is 0 Å². The molecule has 6 nitrogen and oxygen atoms in total. The Morgan fingerprint density at radius 2 is 1.74 bits per heavy atom. The molecule has 1 aromatic carbocycles. The smallest absolute Gasteiger partial charge is 0.251 e. The fourth-order valence-electron chi connectivity index (χ4n) is 1.51. The van der Waals surface area contributed by atoms with E-state index in [1.165, 1.54) is 12.1 Å². The van der Waals surface area contributed by atoms with E-state index in [1.807, 2.05) is 13.8 Å². The Kier molecular flexibility index (Phi) is 5.17. The first-order valence-electron chi connectivity index (χ1n) is 5.99. The van der Waals surface area contributed by atoms with E-state index in [4.69, 9.17) is 0 Å². The summed E-state index contributed by atoms with van der Waals surface area (Å²) in [5.74, 6) is -0.983. The van der Waals surface area contributed by atoms with Crippen molar-refractivity contribution in [2.75, 3.05) is 6.54 Å². The van der Waals surface area contributed by atoms with Gasteiger partial charge in [0.05, 0.1) is 0 Å². The van der Waals surface area contributed by atoms with Crippen LogP contribution in [-0.2, 0) is 4.79 Å². The van der Waals surface area contributed by atoms with Gasteiger partial charge in [-0.15, -0.1) is 0 Å². The molecule has 0 saturated heterocycles. The molecule has 0 unspecified atom stereocenters. The minimum absolute atomic E-state index is 0.0613. The van der Waals surface area contributed by atoms with Gasteiger partial charge in [-0.25, -0.2) is 0 Å². The number of phenolic OH excluding ortho intramolecular Hbond substituents is 2. The number of aromatic hydroxyl groups is 2. The van der Waals surface area contributed by atoms with Crippen molar-refractivity contribution < 1.29 is 19.8 Å². The van der Waals surface area contributed by atoms with Crippen LogP contribution in [0.5, 0.6) is 11.5 Å². The second-order valence-corrected chi connectivity index (χ2v) is 4.47. The van der Waals surface area contributed by atoms with Crippen molar-refractivity contribution in [1.82, 2.24) is 10.6 Å². The molecule has 4 N–H and O–H groups in total. The lowest BCUT2D eigenvalue weighted by atomic mass is 10.2. The Morgan fingerprint density at radius 3 is 2.26 bits per heavy atom. The van der Waals surface area contributed by atoms with E-state index < -0.39 is 5.91 Å². The second-order valence-electron chi connectivity index (χ2n) is 4.47. The van der Waals surface area contributed by atoms with Gasteiger partial charge in [-0.05, 0) is 26.0 Å². The van der Waals surface area contributed by atoms with E-state index in [0.29, 0.717) is 0 Å². The Morgan fingerprint density at radius 1 is 1.16 bits per heavy atom. The highest BCUT2D eigenvalue weighted by atomic mass is 16.3. The molecule has 2 amide bonds. The summed E-state index contributed by atoms with van der Waals surface area (Å²) < 4.78 is 0. The third-order valence-electron chi connectivity index (χ3n) is 2.25. The Hall–Kier alpha value is -2.24. The van der Waals surface area contributed by atoms with Crippen LogP contribution >= 0.6 is 0 Å². The lowest BCUT2D eigenvalue weighted by Gasteiger charge is -2.09. The van der Waals surface area contributed by atoms with Gasteiger partial charge in [-0.1, -0.05) is 0 Å². The van der Waals surface area contributed by atoms with Crippen LogP contribution in [0.4, 0.5) is 0 Å². The van der Waals surface area contributed by atoms with Gasteiger partial charge in [0, 0.05) is 30.6 Å². The Balaban J connectivity index is 2.45. The molecule has 6 heteroatoms. The van der Waals surface area contributed by atoms with Gasteiger partial charge in [0.25, 0.3) is 5.91 Å². The monoisotopic (exact) mass is 266 g/mol. The lowest BCUT2D eigenvalue weighted by molar-refractivity contribution is -0.121. The van der Waals surface area contributed by atoms with Crippen LogP contribution in [0, 0.1) is 0 Å². The number of hydrogen-bond donors (Lipinski definition) is 4. The van der Waals surface area contributed by atoms with Gasteiger partial charge in [0.2, 0.25) is 5.91 Å². The van der Waals surface area contributed by atoms with Crippen LogP contribution in [0.1, 0.15) is 30.6 Å². The zero-order valence-electron chi connectivity index (χ0n) is 10.9. The number of rotatable bonds is 5. The normalized spacial score (nSPS) is 10.3. The Labute approximate surface area is 111 Å². The second kappa shape index (κ2) is 6.63. The third-order valence-corrected chi connectivity index (χ3v) is 2.25. The van der Waals surface area contributed by atoms with Crippen molar-refractivity contribution in [2.24, 2.45) is 0 Å². The molecule has 1 rings (SSSR count). The van der Waals surface area contributed by atoms with Gasteiger partial charge in [0.15, 0.2) is 0 Å². The maximum Gasteiger partial charge on any atom is 0.251 e. The number of carbonyl (C=O) groups excluding carboxylic acids is 2. The van der Waals surface area contributed by atoms with Crippen molar-refractivity contribution in [3.8, 4) is 11.5 Å². The molecule has 0 radical (unpaired) electrons. The predicted octanol–water partition coefficient (Wildman–Crippen LogP) is 0.742. The van der Waals surface area contributed by atoms with Gasteiger partial charge in [0.1, 0.15) is 11.5 Å². The van der Waals surface area contributed by atoms with Gasteiger partial charge < -0.3 is 20.8 Å². The number of nitrogens with one attached hydrogen (secondary N) is 2. The quantitative estimate of drug-likeness (QED) is 0.631. The van der Waals surface area contributed by atoms with Crippen LogP contribution < -0.4 is 10.6 Å². The summed E-state index contributed by atoms with van der Waals surface area (Å²) in [7, 11) is 0. The zero-order valence-corrected chi connectivity index (χ0v) is 10.9. The number of hydrogen-bond acceptors (Lipinski definition) is 4. The topological polar surface area (TPSA) is 98.7 Å². The highest BCUT2D eigenvalue weighted by Gasteiger charge is 2.09. The average Bonchev–Trinajstić information content (AvgIpc) is 2.26. The highest BCUT2D eigenvalue weighted by molar-refractivity contribution is 5.95. The summed E-state index contributed by atoms with van der Waals surface area (Å²) in [6.45, 7) is 3.89. The summed E-state index contributed by atoms with van der Waals surface area (Å²) in [6.07, 6.45) is 0.175. The van der Waals surface area contributed by atoms with Gasteiger partial charge >= 0.3 is 0 Å². The maximum absolute atomic E-state index is 11.7. The zero-order chi connectivity index (χ0) is 14.4. The number of phenols is 2. The largest absolute Gasteiger partial charge is 0.508 e. The van der Waals surface area contributed by atoms with Crippen molar-refractivity contribution >= 4 is 11.8 Å². The molecule has 0 spiro atoms. The summed E-state index contributed by atoms with van der Waals surface area (Å²) >= 11 is 0. The molecule has 1 aromatic rings. The van der Waals surface area contributed by atoms with Gasteiger partial charge in [-0.3, -0.25) is 9.59 Å². The number of amides is 2. The molecule has 0 atom stereocenters. The fourth-order valence-corrected chi connectivity index (χ4v) is 1.51. The molecular weight excluding hydrogens is 248 g/mol. The van der Waals surface area contributed by atoms with Crippen molar-refractivity contribution in [2.45, 2.75) is 26.3 Å². The van der Waals surface area contributed by atoms with Gasteiger partial charge in [-0.2, -0.15) is 0 Å². The summed E-state index contributed by atoms with van der Waals surface area (Å²) in [5.41, 5.74) is 0.141. The highest BCUT2D eigenvalue weighted by Crippen LogP contribution is 2.20. The van der Waals surface area contributed by atoms with E-state index in [2.05, 4.69) is 10.6 Å². The van der Waals surface area contributed by atoms with E-state index in [0.717, 1.165) is 6.07 Å². The van der Waals surface area contributed by atoms with Crippen molar-refractivity contribution in [1.29, 1.82) is 0 Å². The molecule has 0 aliphatic rings. The molecule has 0 fully saturated rings.